The summed E-state index contributed by atoms with van der Waals surface area (Å²) in [5.41, 5.74) is 4.03. The zero-order valence-corrected chi connectivity index (χ0v) is 15.9. The van der Waals surface area contributed by atoms with E-state index in [0.717, 1.165) is 19.3 Å². The average Bonchev–Trinajstić information content (AvgIpc) is 2.50. The first-order valence-electron chi connectivity index (χ1n) is 9.74. The Balaban J connectivity index is 1.62. The fourth-order valence-corrected chi connectivity index (χ4v) is 6.69. The molecule has 4 fully saturated rings. The molecule has 4 heteroatoms. The van der Waals surface area contributed by atoms with E-state index in [4.69, 9.17) is 4.74 Å². The number of carbonyl (C=O) groups excluding carboxylic acids is 1. The van der Waals surface area contributed by atoms with Crippen LogP contribution < -0.4 is 0 Å². The molecule has 0 saturated heterocycles. The van der Waals surface area contributed by atoms with Crippen LogP contribution in [0.5, 0.6) is 0 Å². The normalized spacial score (nSPS) is 35.6. The maximum atomic E-state index is 13.2. The average molecular weight is 362 g/mol. The van der Waals surface area contributed by atoms with Crippen molar-refractivity contribution in [1.29, 1.82) is 0 Å². The van der Waals surface area contributed by atoms with E-state index in [2.05, 4.69) is 32.0 Å². The van der Waals surface area contributed by atoms with E-state index < -0.39 is 11.9 Å². The molecule has 142 valence electrons. The Labute approximate surface area is 154 Å². The highest BCUT2D eigenvalue weighted by atomic mass is 19.3. The Kier molecular flexibility index (Phi) is 3.98. The third-order valence-corrected chi connectivity index (χ3v) is 7.00. The van der Waals surface area contributed by atoms with Crippen LogP contribution >= 0.6 is 0 Å². The van der Waals surface area contributed by atoms with Gasteiger partial charge in [-0.05, 0) is 80.8 Å². The molecular formula is C22H28F2O2. The van der Waals surface area contributed by atoms with Crippen molar-refractivity contribution in [3.63, 3.8) is 0 Å². The van der Waals surface area contributed by atoms with Gasteiger partial charge >= 0.3 is 11.9 Å². The standard InChI is InChI=1S/C22H28F2O2/c1-14-4-5-18(15(2)6-14)22-10-16-7-17(11-22)9-21(8-16,12-22)13-26-19(25)20(3,23)24/h4-6,16-17H,7-13H2,1-3H3. The number of alkyl halides is 2. The van der Waals surface area contributed by atoms with Crippen molar-refractivity contribution in [3.8, 4) is 0 Å². The molecule has 0 radical (unpaired) electrons. The fraction of sp³-hybridized carbons (Fsp3) is 0.682. The van der Waals surface area contributed by atoms with Crippen LogP contribution in [0.4, 0.5) is 8.78 Å². The maximum Gasteiger partial charge on any atom is 0.376 e. The molecule has 26 heavy (non-hydrogen) atoms. The lowest BCUT2D eigenvalue weighted by Gasteiger charge is -2.62. The highest BCUT2D eigenvalue weighted by molar-refractivity contribution is 5.76. The highest BCUT2D eigenvalue weighted by Crippen LogP contribution is 2.66. The minimum atomic E-state index is -3.41. The number of benzene rings is 1. The second kappa shape index (κ2) is 5.77. The number of rotatable bonds is 4. The summed E-state index contributed by atoms with van der Waals surface area (Å²) in [5, 5.41) is 0. The molecule has 5 rings (SSSR count). The van der Waals surface area contributed by atoms with Gasteiger partial charge in [-0.25, -0.2) is 4.79 Å². The van der Waals surface area contributed by atoms with Gasteiger partial charge in [0.25, 0.3) is 0 Å². The summed E-state index contributed by atoms with van der Waals surface area (Å²) in [6, 6.07) is 6.71. The van der Waals surface area contributed by atoms with E-state index in [0.29, 0.717) is 18.8 Å². The predicted molar refractivity (Wildman–Crippen MR) is 96.3 cm³/mol. The Bertz CT molecular complexity index is 720. The summed E-state index contributed by atoms with van der Waals surface area (Å²) in [5.74, 6) is -3.54. The van der Waals surface area contributed by atoms with Gasteiger partial charge in [0.2, 0.25) is 0 Å². The number of halogens is 2. The highest BCUT2D eigenvalue weighted by Gasteiger charge is 2.59. The Morgan fingerprint density at radius 3 is 2.42 bits per heavy atom. The summed E-state index contributed by atoms with van der Waals surface area (Å²) in [6.45, 7) is 5.06. The van der Waals surface area contributed by atoms with Crippen molar-refractivity contribution < 1.29 is 18.3 Å². The fourth-order valence-electron chi connectivity index (χ4n) is 6.69. The molecule has 0 heterocycles. The molecule has 1 aromatic carbocycles. The molecule has 0 aromatic heterocycles. The van der Waals surface area contributed by atoms with Crippen LogP contribution in [0.25, 0.3) is 0 Å². The summed E-state index contributed by atoms with van der Waals surface area (Å²) in [4.78, 5) is 11.6. The number of ether oxygens (including phenoxy) is 1. The molecule has 0 aliphatic heterocycles. The molecule has 4 aliphatic carbocycles. The van der Waals surface area contributed by atoms with E-state index in [1.165, 1.54) is 36.0 Å². The zero-order valence-electron chi connectivity index (χ0n) is 15.9. The molecule has 4 aliphatic rings. The Morgan fingerprint density at radius 2 is 1.85 bits per heavy atom. The zero-order chi connectivity index (χ0) is 18.7. The Morgan fingerprint density at radius 1 is 1.19 bits per heavy atom. The van der Waals surface area contributed by atoms with Crippen LogP contribution in [0.1, 0.15) is 62.1 Å². The molecule has 0 spiro atoms. The van der Waals surface area contributed by atoms with Gasteiger partial charge in [-0.3, -0.25) is 0 Å². The largest absolute Gasteiger partial charge is 0.461 e. The van der Waals surface area contributed by atoms with Gasteiger partial charge < -0.3 is 4.74 Å². The third-order valence-electron chi connectivity index (χ3n) is 7.00. The Hall–Kier alpha value is -1.45. The van der Waals surface area contributed by atoms with Crippen molar-refractivity contribution in [1.82, 2.24) is 0 Å². The van der Waals surface area contributed by atoms with E-state index >= 15 is 0 Å². The second-order valence-corrected chi connectivity index (χ2v) is 9.52. The molecule has 0 N–H and O–H groups in total. The van der Waals surface area contributed by atoms with Crippen LogP contribution in [0.15, 0.2) is 18.2 Å². The quantitative estimate of drug-likeness (QED) is 0.676. The number of hydrogen-bond acceptors (Lipinski definition) is 2. The van der Waals surface area contributed by atoms with E-state index in [-0.39, 0.29) is 17.4 Å². The third kappa shape index (κ3) is 2.95. The lowest BCUT2D eigenvalue weighted by molar-refractivity contribution is -0.180. The molecule has 2 unspecified atom stereocenters. The van der Waals surface area contributed by atoms with Crippen LogP contribution in [-0.2, 0) is 14.9 Å². The summed E-state index contributed by atoms with van der Waals surface area (Å²) < 4.78 is 31.6. The van der Waals surface area contributed by atoms with Gasteiger partial charge in [0.1, 0.15) is 0 Å². The minimum Gasteiger partial charge on any atom is -0.461 e. The van der Waals surface area contributed by atoms with E-state index in [1.807, 2.05) is 0 Å². The lowest BCUT2D eigenvalue weighted by Crippen LogP contribution is -2.56. The van der Waals surface area contributed by atoms with Gasteiger partial charge in [0.05, 0.1) is 6.61 Å². The van der Waals surface area contributed by atoms with Crippen molar-refractivity contribution in [3.05, 3.63) is 34.9 Å². The van der Waals surface area contributed by atoms with Gasteiger partial charge in [0.15, 0.2) is 0 Å². The maximum absolute atomic E-state index is 13.2. The smallest absolute Gasteiger partial charge is 0.376 e. The van der Waals surface area contributed by atoms with Crippen LogP contribution in [0, 0.1) is 31.1 Å². The molecule has 2 atom stereocenters. The number of hydrogen-bond donors (Lipinski definition) is 0. The van der Waals surface area contributed by atoms with Crippen molar-refractivity contribution in [2.75, 3.05) is 6.61 Å². The minimum absolute atomic E-state index is 0.123. The molecule has 4 saturated carbocycles. The van der Waals surface area contributed by atoms with E-state index in [1.54, 1.807) is 0 Å². The lowest BCUT2D eigenvalue weighted by atomic mass is 9.43. The summed E-state index contributed by atoms with van der Waals surface area (Å²) in [6.07, 6.45) is 6.60. The molecule has 1 aromatic rings. The summed E-state index contributed by atoms with van der Waals surface area (Å²) in [7, 11) is 0. The monoisotopic (exact) mass is 362 g/mol. The predicted octanol–water partition coefficient (Wildman–Crippen LogP) is 5.34. The van der Waals surface area contributed by atoms with E-state index in [9.17, 15) is 13.6 Å². The van der Waals surface area contributed by atoms with Crippen LogP contribution in [0.2, 0.25) is 0 Å². The topological polar surface area (TPSA) is 26.3 Å². The number of aryl methyl sites for hydroxylation is 2. The number of esters is 1. The van der Waals surface area contributed by atoms with Gasteiger partial charge in [-0.15, -0.1) is 0 Å². The van der Waals surface area contributed by atoms with Gasteiger partial charge in [-0.2, -0.15) is 8.78 Å². The SMILES string of the molecule is Cc1ccc(C23CC4CC(CC(COC(=O)C(C)(F)F)(C4)C2)C3)c(C)c1. The molecule has 0 amide bonds. The second-order valence-electron chi connectivity index (χ2n) is 9.52. The number of carbonyl (C=O) groups is 1. The molecule has 2 nitrogen and oxygen atoms in total. The van der Waals surface area contributed by atoms with Crippen molar-refractivity contribution in [2.45, 2.75) is 70.6 Å². The summed E-state index contributed by atoms with van der Waals surface area (Å²) >= 11 is 0. The van der Waals surface area contributed by atoms with Crippen LogP contribution in [0.3, 0.4) is 0 Å². The first-order valence-corrected chi connectivity index (χ1v) is 9.74. The molecule has 4 bridgehead atoms. The van der Waals surface area contributed by atoms with Crippen molar-refractivity contribution in [2.24, 2.45) is 17.3 Å². The first-order chi connectivity index (χ1) is 12.1. The van der Waals surface area contributed by atoms with Crippen molar-refractivity contribution >= 4 is 5.97 Å². The molecular weight excluding hydrogens is 334 g/mol. The van der Waals surface area contributed by atoms with Gasteiger partial charge in [0, 0.05) is 12.3 Å². The first kappa shape index (κ1) is 17.9. The van der Waals surface area contributed by atoms with Gasteiger partial charge in [-0.1, -0.05) is 23.8 Å². The van der Waals surface area contributed by atoms with Crippen LogP contribution in [-0.4, -0.2) is 18.5 Å².